The van der Waals surface area contributed by atoms with Gasteiger partial charge < -0.3 is 21.9 Å². The summed E-state index contributed by atoms with van der Waals surface area (Å²) in [5.74, 6) is 0. The van der Waals surface area contributed by atoms with Crippen LogP contribution in [0.1, 0.15) is 0 Å². The number of hydrogen-bond donors (Lipinski definition) is 0. The van der Waals surface area contributed by atoms with Gasteiger partial charge in [0, 0.05) is 0 Å². The van der Waals surface area contributed by atoms with Crippen LogP contribution in [0.25, 0.3) is 0 Å². The number of halogens is 4. The summed E-state index contributed by atoms with van der Waals surface area (Å²) in [6, 6.07) is 0. The van der Waals surface area contributed by atoms with Crippen LogP contribution in [0.3, 0.4) is 0 Å². The molecule has 0 amide bonds. The Labute approximate surface area is 79.9 Å². The Hall–Kier alpha value is 2.68. The molecule has 0 saturated carbocycles. The first kappa shape index (κ1) is 29.9. The van der Waals surface area contributed by atoms with Crippen LogP contribution in [0.5, 0.6) is 0 Å². The summed E-state index contributed by atoms with van der Waals surface area (Å²) in [6.07, 6.45) is 0. The van der Waals surface area contributed by atoms with Crippen LogP contribution in [-0.4, -0.2) is 33.4 Å². The van der Waals surface area contributed by atoms with Gasteiger partial charge in [-0.2, -0.15) is 0 Å². The molecule has 8 N–H and O–H groups in total. The molecule has 0 spiro atoms. The van der Waals surface area contributed by atoms with E-state index in [4.69, 9.17) is 0 Å². The standard InChI is InChI=1S/4BrH.4H2O.Pb/h4*1H;4*1H2;/q;;;;;;;;+4/p-4. The molecule has 0 radical (unpaired) electrons. The van der Waals surface area contributed by atoms with Crippen molar-refractivity contribution in [1.29, 1.82) is 0 Å². The van der Waals surface area contributed by atoms with Gasteiger partial charge in [-0.3, -0.25) is 0 Å². The zero-order valence-corrected chi connectivity index (χ0v) is 14.2. The minimum atomic E-state index is -2.03. The number of hydrogen-bond acceptors (Lipinski definition) is 0. The molecule has 64 valence electrons. The van der Waals surface area contributed by atoms with Crippen molar-refractivity contribution in [3.63, 3.8) is 0 Å². The van der Waals surface area contributed by atoms with Crippen LogP contribution in [0.4, 0.5) is 0 Å². The zero-order valence-electron chi connectivity index (χ0n) is 4.01. The van der Waals surface area contributed by atoms with Gasteiger partial charge in [0.2, 0.25) is 0 Å². The number of rotatable bonds is 0. The molecule has 0 bridgehead atoms. The molecule has 0 fully saturated rings. The summed E-state index contributed by atoms with van der Waals surface area (Å²) in [6.45, 7) is 0. The molecule has 0 unspecified atom stereocenters. The Morgan fingerprint density at radius 1 is 0.556 bits per heavy atom. The predicted octanol–water partition coefficient (Wildman–Crippen LogP) is -0.297. The summed E-state index contributed by atoms with van der Waals surface area (Å²) in [4.78, 5) is 0. The van der Waals surface area contributed by atoms with Gasteiger partial charge in [-0.1, -0.05) is 0 Å². The fourth-order valence-corrected chi connectivity index (χ4v) is 0. The summed E-state index contributed by atoms with van der Waals surface area (Å²) in [5, 5.41) is 0. The van der Waals surface area contributed by atoms with Crippen molar-refractivity contribution in [3.8, 4) is 0 Å². The molecule has 4 nitrogen and oxygen atoms in total. The van der Waals surface area contributed by atoms with Crippen LogP contribution in [0.15, 0.2) is 0 Å². The Morgan fingerprint density at radius 3 is 0.556 bits per heavy atom. The monoisotopic (exact) mass is 596 g/mol. The molecule has 9 heavy (non-hydrogen) atoms. The fraction of sp³-hybridized carbons (Fsp3) is 0. The second-order valence-corrected chi connectivity index (χ2v) is 102. The fourth-order valence-electron chi connectivity index (χ4n) is 0. The van der Waals surface area contributed by atoms with Crippen LogP contribution in [-0.2, 0) is 0 Å². The normalized spacial score (nSPS) is 6.67. The summed E-state index contributed by atoms with van der Waals surface area (Å²) in [5.41, 5.74) is 0. The third kappa shape index (κ3) is 112. The summed E-state index contributed by atoms with van der Waals surface area (Å²) in [7, 11) is 0. The second kappa shape index (κ2) is 13.3. The topological polar surface area (TPSA) is 126 Å². The van der Waals surface area contributed by atoms with Gasteiger partial charge in [-0.25, -0.2) is 0 Å². The van der Waals surface area contributed by atoms with Gasteiger partial charge in [-0.05, 0) is 0 Å². The molecule has 0 rings (SSSR count). The van der Waals surface area contributed by atoms with Crippen LogP contribution < -0.4 is 0 Å². The van der Waals surface area contributed by atoms with E-state index in [0.717, 1.165) is 0 Å². The molecule has 0 saturated heterocycles. The van der Waals surface area contributed by atoms with Crippen LogP contribution >= 0.6 is 47.9 Å². The van der Waals surface area contributed by atoms with Crippen LogP contribution in [0, 0.1) is 0 Å². The minimum absolute atomic E-state index is 0. The first-order valence-corrected chi connectivity index (χ1v) is 34.5. The van der Waals surface area contributed by atoms with E-state index in [2.05, 4.69) is 47.9 Å². The average Bonchev–Trinajstić information content (AvgIpc) is 0.722. The third-order valence-corrected chi connectivity index (χ3v) is 0. The van der Waals surface area contributed by atoms with Gasteiger partial charge in [-0.15, -0.1) is 0 Å². The predicted molar refractivity (Wildman–Crippen MR) is 55.9 cm³/mol. The quantitative estimate of drug-likeness (QED) is 0.340. The molecule has 0 atom stereocenters. The van der Waals surface area contributed by atoms with E-state index >= 15 is 0 Å². The van der Waals surface area contributed by atoms with Gasteiger partial charge in [0.05, 0.1) is 0 Å². The van der Waals surface area contributed by atoms with E-state index in [1.165, 1.54) is 0 Å². The van der Waals surface area contributed by atoms with Crippen molar-refractivity contribution >= 4 is 59.5 Å². The van der Waals surface area contributed by atoms with E-state index < -0.39 is 11.5 Å². The van der Waals surface area contributed by atoms with E-state index in [1.54, 1.807) is 0 Å². The van der Waals surface area contributed by atoms with Crippen molar-refractivity contribution in [3.05, 3.63) is 0 Å². The first-order valence-electron chi connectivity index (χ1n) is 0.756. The molecule has 0 aliphatic carbocycles. The molecule has 9 heteroatoms. The van der Waals surface area contributed by atoms with Crippen molar-refractivity contribution in [2.45, 2.75) is 0 Å². The van der Waals surface area contributed by atoms with Gasteiger partial charge in [0.15, 0.2) is 0 Å². The average molecular weight is 599 g/mol. The van der Waals surface area contributed by atoms with E-state index in [1.807, 2.05) is 0 Å². The Bertz CT molecular complexity index is 28.0. The maximum atomic E-state index is 3.35. The summed E-state index contributed by atoms with van der Waals surface area (Å²) < 4.78 is 0. The van der Waals surface area contributed by atoms with Gasteiger partial charge in [0.1, 0.15) is 0 Å². The van der Waals surface area contributed by atoms with Crippen molar-refractivity contribution < 1.29 is 21.9 Å². The van der Waals surface area contributed by atoms with E-state index in [9.17, 15) is 0 Å². The zero-order chi connectivity index (χ0) is 4.50. The summed E-state index contributed by atoms with van der Waals surface area (Å²) >= 11 is 11.4. The Morgan fingerprint density at radius 2 is 0.556 bits per heavy atom. The van der Waals surface area contributed by atoms with Gasteiger partial charge >= 0.3 is 59.5 Å². The Balaban J connectivity index is -0.0000000133. The van der Waals surface area contributed by atoms with E-state index in [-0.39, 0.29) is 21.9 Å². The molecular formula is H8Br4O4Pb. The van der Waals surface area contributed by atoms with Crippen molar-refractivity contribution in [1.82, 2.24) is 0 Å². The first-order chi connectivity index (χ1) is 2.00. The SMILES string of the molecule is O.O.O.O.[Br][Pb]([Br])([Br])[Br]. The second-order valence-electron chi connectivity index (χ2n) is 0.429. The third-order valence-electron chi connectivity index (χ3n) is 0. The maximum absolute atomic E-state index is 3.35. The van der Waals surface area contributed by atoms with Crippen molar-refractivity contribution in [2.24, 2.45) is 0 Å². The molecule has 0 aliphatic heterocycles. The molecule has 0 aliphatic rings. The van der Waals surface area contributed by atoms with E-state index in [0.29, 0.717) is 0 Å². The molecular weight excluding hydrogens is 591 g/mol. The molecule has 0 heterocycles. The molecule has 0 aromatic carbocycles. The van der Waals surface area contributed by atoms with Crippen molar-refractivity contribution in [2.75, 3.05) is 0 Å². The van der Waals surface area contributed by atoms with Gasteiger partial charge in [0.25, 0.3) is 0 Å². The molecule has 0 aromatic rings. The van der Waals surface area contributed by atoms with Crippen LogP contribution in [0.2, 0.25) is 0 Å². The Kier molecular flexibility index (Phi) is 44.1. The molecule has 0 aromatic heterocycles.